The molecule has 0 heterocycles. The fourth-order valence-corrected chi connectivity index (χ4v) is 2.33. The molecule has 136 valence electrons. The van der Waals surface area contributed by atoms with Gasteiger partial charge in [0, 0.05) is 25.6 Å². The number of halogens is 3. The van der Waals surface area contributed by atoms with E-state index in [2.05, 4.69) is 5.32 Å². The molecule has 7 heteroatoms. The van der Waals surface area contributed by atoms with Crippen LogP contribution in [-0.2, 0) is 6.18 Å². The van der Waals surface area contributed by atoms with Crippen LogP contribution in [0, 0.1) is 0 Å². The highest BCUT2D eigenvalue weighted by Gasteiger charge is 2.35. The summed E-state index contributed by atoms with van der Waals surface area (Å²) in [6, 6.07) is 4.55. The largest absolute Gasteiger partial charge is 0.416 e. The highest BCUT2D eigenvalue weighted by Crippen LogP contribution is 2.35. The van der Waals surface area contributed by atoms with E-state index in [1.165, 1.54) is 17.0 Å². The first-order valence-corrected chi connectivity index (χ1v) is 7.89. The summed E-state index contributed by atoms with van der Waals surface area (Å²) in [5.74, 6) is -0.503. The van der Waals surface area contributed by atoms with Gasteiger partial charge >= 0.3 is 12.2 Å². The van der Waals surface area contributed by atoms with Gasteiger partial charge in [0.2, 0.25) is 0 Å². The summed E-state index contributed by atoms with van der Waals surface area (Å²) < 4.78 is 39.4. The molecule has 3 unspecified atom stereocenters. The van der Waals surface area contributed by atoms with Gasteiger partial charge in [-0.25, -0.2) is 4.79 Å². The van der Waals surface area contributed by atoms with E-state index in [9.17, 15) is 23.1 Å². The second-order valence-corrected chi connectivity index (χ2v) is 6.17. The fraction of sp³-hybridized carbons (Fsp3) is 0.588. The monoisotopic (exact) mass is 346 g/mol. The van der Waals surface area contributed by atoms with Gasteiger partial charge in [-0.3, -0.25) is 0 Å². The molecule has 0 radical (unpaired) electrons. The molecule has 0 saturated heterocycles. The van der Waals surface area contributed by atoms with Crippen molar-refractivity contribution in [3.8, 4) is 0 Å². The molecule has 1 rings (SSSR count). The van der Waals surface area contributed by atoms with Crippen molar-refractivity contribution < 1.29 is 23.1 Å². The van der Waals surface area contributed by atoms with E-state index in [1.54, 1.807) is 33.9 Å². The smallest absolute Gasteiger partial charge is 0.393 e. The minimum Gasteiger partial charge on any atom is -0.393 e. The third kappa shape index (κ3) is 5.70. The van der Waals surface area contributed by atoms with Crippen molar-refractivity contribution in [2.75, 3.05) is 13.6 Å². The van der Waals surface area contributed by atoms with Gasteiger partial charge in [0.15, 0.2) is 0 Å². The zero-order valence-electron chi connectivity index (χ0n) is 14.4. The van der Waals surface area contributed by atoms with Crippen LogP contribution in [0.3, 0.4) is 0 Å². The Bertz CT molecular complexity index is 547. The summed E-state index contributed by atoms with van der Waals surface area (Å²) in [5, 5.41) is 12.0. The molecule has 0 aliphatic carbocycles. The van der Waals surface area contributed by atoms with Gasteiger partial charge in [-0.1, -0.05) is 25.1 Å². The van der Waals surface area contributed by atoms with Gasteiger partial charge in [0.25, 0.3) is 0 Å². The van der Waals surface area contributed by atoms with E-state index in [4.69, 9.17) is 0 Å². The standard InChI is InChI=1S/C17H25F3N2O2/c1-11(23)9-10-22(4)16(24)21-13(3)12(2)14-7-5-6-8-15(14)17(18,19)20/h5-8,11-13,23H,9-10H2,1-4H3,(H,21,24). The normalized spacial score (nSPS) is 15.5. The average Bonchev–Trinajstić information content (AvgIpc) is 2.50. The second-order valence-electron chi connectivity index (χ2n) is 6.17. The Morgan fingerprint density at radius 2 is 1.83 bits per heavy atom. The molecule has 24 heavy (non-hydrogen) atoms. The Morgan fingerprint density at radius 3 is 2.38 bits per heavy atom. The molecular formula is C17H25F3N2O2. The molecule has 0 aliphatic heterocycles. The van der Waals surface area contributed by atoms with E-state index in [0.717, 1.165) is 6.07 Å². The first-order valence-electron chi connectivity index (χ1n) is 7.89. The number of carbonyl (C=O) groups excluding carboxylic acids is 1. The summed E-state index contributed by atoms with van der Waals surface area (Å²) in [6.45, 7) is 5.33. The first-order chi connectivity index (χ1) is 11.0. The molecule has 0 spiro atoms. The maximum absolute atomic E-state index is 13.1. The Kier molecular flexibility index (Phi) is 7.08. The van der Waals surface area contributed by atoms with Gasteiger partial charge in [-0.15, -0.1) is 0 Å². The van der Waals surface area contributed by atoms with Gasteiger partial charge in [0.05, 0.1) is 11.7 Å². The van der Waals surface area contributed by atoms with E-state index < -0.39 is 29.8 Å². The van der Waals surface area contributed by atoms with Crippen molar-refractivity contribution in [1.82, 2.24) is 10.2 Å². The Morgan fingerprint density at radius 1 is 1.25 bits per heavy atom. The molecule has 3 atom stereocenters. The van der Waals surface area contributed by atoms with Crippen LogP contribution in [0.15, 0.2) is 24.3 Å². The minimum absolute atomic E-state index is 0.157. The van der Waals surface area contributed by atoms with Crippen LogP contribution < -0.4 is 5.32 Å². The van der Waals surface area contributed by atoms with Crippen molar-refractivity contribution in [2.45, 2.75) is 51.4 Å². The van der Waals surface area contributed by atoms with Crippen LogP contribution >= 0.6 is 0 Å². The molecule has 0 saturated carbocycles. The molecule has 0 aliphatic rings. The molecule has 0 bridgehead atoms. The van der Waals surface area contributed by atoms with Crippen molar-refractivity contribution in [2.24, 2.45) is 0 Å². The number of hydrogen-bond acceptors (Lipinski definition) is 2. The number of nitrogens with one attached hydrogen (secondary N) is 1. The number of alkyl halides is 3. The summed E-state index contributed by atoms with van der Waals surface area (Å²) in [7, 11) is 1.58. The zero-order chi connectivity index (χ0) is 18.5. The number of nitrogens with zero attached hydrogens (tertiary/aromatic N) is 1. The van der Waals surface area contributed by atoms with Crippen LogP contribution in [-0.4, -0.2) is 41.8 Å². The maximum atomic E-state index is 13.1. The van der Waals surface area contributed by atoms with Crippen LogP contribution in [0.5, 0.6) is 0 Å². The number of aliphatic hydroxyl groups excluding tert-OH is 1. The van der Waals surface area contributed by atoms with Gasteiger partial charge in [-0.05, 0) is 31.9 Å². The number of urea groups is 1. The zero-order valence-corrected chi connectivity index (χ0v) is 14.4. The number of carbonyl (C=O) groups is 1. The summed E-state index contributed by atoms with van der Waals surface area (Å²) in [6.07, 6.45) is -4.51. The number of rotatable bonds is 6. The summed E-state index contributed by atoms with van der Waals surface area (Å²) in [5.41, 5.74) is -0.523. The second kappa shape index (κ2) is 8.37. The Labute approximate surface area is 140 Å². The van der Waals surface area contributed by atoms with Crippen LogP contribution in [0.25, 0.3) is 0 Å². The van der Waals surface area contributed by atoms with Gasteiger partial charge in [-0.2, -0.15) is 13.2 Å². The van der Waals surface area contributed by atoms with Crippen molar-refractivity contribution >= 4 is 6.03 Å². The fourth-order valence-electron chi connectivity index (χ4n) is 2.33. The van der Waals surface area contributed by atoms with E-state index in [1.807, 2.05) is 0 Å². The Balaban J connectivity index is 2.78. The molecule has 1 aromatic carbocycles. The molecular weight excluding hydrogens is 321 g/mol. The molecule has 2 amide bonds. The number of benzene rings is 1. The topological polar surface area (TPSA) is 52.6 Å². The summed E-state index contributed by atoms with van der Waals surface area (Å²) >= 11 is 0. The van der Waals surface area contributed by atoms with Crippen LogP contribution in [0.1, 0.15) is 44.2 Å². The maximum Gasteiger partial charge on any atom is 0.416 e. The number of amides is 2. The van der Waals surface area contributed by atoms with Gasteiger partial charge < -0.3 is 15.3 Å². The van der Waals surface area contributed by atoms with Crippen LogP contribution in [0.4, 0.5) is 18.0 Å². The lowest BCUT2D eigenvalue weighted by molar-refractivity contribution is -0.138. The number of aliphatic hydroxyl groups is 1. The van der Waals surface area contributed by atoms with Crippen LogP contribution in [0.2, 0.25) is 0 Å². The lowest BCUT2D eigenvalue weighted by Crippen LogP contribution is -2.44. The van der Waals surface area contributed by atoms with Gasteiger partial charge in [0.1, 0.15) is 0 Å². The average molecular weight is 346 g/mol. The molecule has 1 aromatic rings. The predicted octanol–water partition coefficient (Wildman–Crippen LogP) is 3.61. The Hall–Kier alpha value is -1.76. The quantitative estimate of drug-likeness (QED) is 0.827. The lowest BCUT2D eigenvalue weighted by atomic mass is 9.90. The predicted molar refractivity (Wildman–Crippen MR) is 86.8 cm³/mol. The molecule has 4 nitrogen and oxygen atoms in total. The van der Waals surface area contributed by atoms with E-state index in [0.29, 0.717) is 13.0 Å². The third-order valence-corrected chi connectivity index (χ3v) is 4.09. The first kappa shape index (κ1) is 20.3. The third-order valence-electron chi connectivity index (χ3n) is 4.09. The van der Waals surface area contributed by atoms with E-state index >= 15 is 0 Å². The minimum atomic E-state index is -4.43. The highest BCUT2D eigenvalue weighted by molar-refractivity contribution is 5.74. The summed E-state index contributed by atoms with van der Waals surface area (Å²) in [4.78, 5) is 13.5. The van der Waals surface area contributed by atoms with Crippen molar-refractivity contribution in [3.63, 3.8) is 0 Å². The molecule has 0 aromatic heterocycles. The van der Waals surface area contributed by atoms with Crippen molar-refractivity contribution in [1.29, 1.82) is 0 Å². The lowest BCUT2D eigenvalue weighted by Gasteiger charge is -2.27. The number of hydrogen-bond donors (Lipinski definition) is 2. The highest BCUT2D eigenvalue weighted by atomic mass is 19.4. The molecule has 2 N–H and O–H groups in total. The van der Waals surface area contributed by atoms with Crippen molar-refractivity contribution in [3.05, 3.63) is 35.4 Å². The van der Waals surface area contributed by atoms with E-state index in [-0.39, 0.29) is 11.6 Å². The SMILES string of the molecule is CC(O)CCN(C)C(=O)NC(C)C(C)c1ccccc1C(F)(F)F. The molecule has 0 fully saturated rings.